The minimum atomic E-state index is 0.208. The van der Waals surface area contributed by atoms with Crippen LogP contribution in [0.2, 0.25) is 0 Å². The average Bonchev–Trinajstić information content (AvgIpc) is 2.21. The van der Waals surface area contributed by atoms with Gasteiger partial charge < -0.3 is 5.32 Å². The van der Waals surface area contributed by atoms with Gasteiger partial charge >= 0.3 is 0 Å². The normalized spacial score (nSPS) is 12.4. The second kappa shape index (κ2) is 5.79. The summed E-state index contributed by atoms with van der Waals surface area (Å²) in [4.78, 5) is 0. The number of nitrogens with one attached hydrogen (secondary N) is 1. The fourth-order valence-corrected chi connectivity index (χ4v) is 1.32. The molecule has 0 bridgehead atoms. The van der Waals surface area contributed by atoms with E-state index in [0.29, 0.717) is 5.88 Å². The van der Waals surface area contributed by atoms with Crippen molar-refractivity contribution in [2.45, 2.75) is 6.04 Å². The summed E-state index contributed by atoms with van der Waals surface area (Å²) in [6.07, 6.45) is 1.89. The first-order valence-electron chi connectivity index (χ1n) is 4.35. The zero-order valence-corrected chi connectivity index (χ0v) is 8.30. The molecule has 0 heterocycles. The zero-order chi connectivity index (χ0) is 9.52. The number of alkyl halides is 1. The minimum Gasteiger partial charge on any atom is -0.306 e. The molecule has 2 heteroatoms. The van der Waals surface area contributed by atoms with Crippen LogP contribution in [0.15, 0.2) is 43.0 Å². The molecule has 0 saturated carbocycles. The predicted octanol–water partition coefficient (Wildman–Crippen LogP) is 2.74. The Labute approximate surface area is 84.4 Å². The smallest absolute Gasteiger partial charge is 0.0504 e. The van der Waals surface area contributed by atoms with Crippen LogP contribution >= 0.6 is 11.6 Å². The summed E-state index contributed by atoms with van der Waals surface area (Å²) in [7, 11) is 0. The first kappa shape index (κ1) is 10.3. The fraction of sp³-hybridized carbons (Fsp3) is 0.273. The molecule has 1 aromatic carbocycles. The molecule has 1 aromatic rings. The minimum absolute atomic E-state index is 0.208. The molecule has 1 unspecified atom stereocenters. The molecule has 1 N–H and O–H groups in total. The van der Waals surface area contributed by atoms with E-state index in [-0.39, 0.29) is 6.04 Å². The molecule has 13 heavy (non-hydrogen) atoms. The lowest BCUT2D eigenvalue weighted by molar-refractivity contribution is 0.652. The third-order valence-corrected chi connectivity index (χ3v) is 2.04. The Morgan fingerprint density at radius 3 is 2.62 bits per heavy atom. The van der Waals surface area contributed by atoms with Gasteiger partial charge in [0.05, 0.1) is 6.04 Å². The van der Waals surface area contributed by atoms with Gasteiger partial charge in [-0.15, -0.1) is 18.2 Å². The Hall–Kier alpha value is -0.790. The molecule has 1 atom stereocenters. The van der Waals surface area contributed by atoms with Crippen LogP contribution in [0.3, 0.4) is 0 Å². The third kappa shape index (κ3) is 3.21. The van der Waals surface area contributed by atoms with Crippen LogP contribution in [-0.4, -0.2) is 12.4 Å². The van der Waals surface area contributed by atoms with Crippen molar-refractivity contribution in [3.8, 4) is 0 Å². The highest BCUT2D eigenvalue weighted by molar-refractivity contribution is 6.18. The molecule has 0 aliphatic rings. The lowest BCUT2D eigenvalue weighted by atomic mass is 10.1. The van der Waals surface area contributed by atoms with Gasteiger partial charge in [-0.3, -0.25) is 0 Å². The van der Waals surface area contributed by atoms with Gasteiger partial charge in [0.1, 0.15) is 0 Å². The van der Waals surface area contributed by atoms with Crippen molar-refractivity contribution in [3.05, 3.63) is 48.6 Å². The maximum absolute atomic E-state index is 5.59. The molecule has 0 radical (unpaired) electrons. The van der Waals surface area contributed by atoms with E-state index in [2.05, 4.69) is 24.0 Å². The summed E-state index contributed by atoms with van der Waals surface area (Å²) in [5, 5.41) is 3.29. The first-order chi connectivity index (χ1) is 6.38. The first-order valence-corrected chi connectivity index (χ1v) is 4.88. The van der Waals surface area contributed by atoms with Gasteiger partial charge in [-0.1, -0.05) is 36.4 Å². The fourth-order valence-electron chi connectivity index (χ4n) is 1.21. The van der Waals surface area contributed by atoms with E-state index in [1.807, 2.05) is 24.3 Å². The van der Waals surface area contributed by atoms with Gasteiger partial charge in [-0.05, 0) is 5.56 Å². The van der Waals surface area contributed by atoms with Crippen molar-refractivity contribution >= 4 is 11.6 Å². The van der Waals surface area contributed by atoms with E-state index in [0.717, 1.165) is 6.54 Å². The molecule has 1 rings (SSSR count). The van der Waals surface area contributed by atoms with E-state index >= 15 is 0 Å². The van der Waals surface area contributed by atoms with Crippen LogP contribution < -0.4 is 5.32 Å². The Morgan fingerprint density at radius 2 is 2.08 bits per heavy atom. The quantitative estimate of drug-likeness (QED) is 0.563. The molecule has 0 amide bonds. The molecular weight excluding hydrogens is 182 g/mol. The molecule has 0 spiro atoms. The van der Waals surface area contributed by atoms with E-state index in [4.69, 9.17) is 11.6 Å². The van der Waals surface area contributed by atoms with Crippen LogP contribution in [0.5, 0.6) is 0 Å². The number of hydrogen-bond acceptors (Lipinski definition) is 1. The Kier molecular flexibility index (Phi) is 4.58. The molecule has 0 aliphatic carbocycles. The summed E-state index contributed by atoms with van der Waals surface area (Å²) in [6.45, 7) is 4.58. The van der Waals surface area contributed by atoms with E-state index in [1.165, 1.54) is 5.56 Å². The molecule has 0 fully saturated rings. The van der Waals surface area contributed by atoms with Gasteiger partial charge in [-0.2, -0.15) is 0 Å². The lowest BCUT2D eigenvalue weighted by Crippen LogP contribution is -2.21. The number of hydrogen-bond donors (Lipinski definition) is 1. The SMILES string of the molecule is C=CC(NCCCl)c1ccccc1. The van der Waals surface area contributed by atoms with Crippen LogP contribution in [0.1, 0.15) is 11.6 Å². The Morgan fingerprint density at radius 1 is 1.38 bits per heavy atom. The van der Waals surface area contributed by atoms with Gasteiger partial charge in [0.2, 0.25) is 0 Å². The monoisotopic (exact) mass is 195 g/mol. The second-order valence-corrected chi connectivity index (χ2v) is 3.15. The molecule has 1 nitrogen and oxygen atoms in total. The summed E-state index contributed by atoms with van der Waals surface area (Å²) in [6, 6.07) is 10.4. The van der Waals surface area contributed by atoms with Crippen molar-refractivity contribution in [3.63, 3.8) is 0 Å². The van der Waals surface area contributed by atoms with Crippen molar-refractivity contribution < 1.29 is 0 Å². The topological polar surface area (TPSA) is 12.0 Å². The van der Waals surface area contributed by atoms with Crippen LogP contribution in [0.25, 0.3) is 0 Å². The summed E-state index contributed by atoms with van der Waals surface area (Å²) < 4.78 is 0. The molecule has 0 aromatic heterocycles. The van der Waals surface area contributed by atoms with Crippen molar-refractivity contribution in [1.82, 2.24) is 5.32 Å². The number of rotatable bonds is 5. The van der Waals surface area contributed by atoms with Gasteiger partial charge in [0, 0.05) is 12.4 Å². The Bertz CT molecular complexity index is 246. The van der Waals surface area contributed by atoms with Gasteiger partial charge in [0.25, 0.3) is 0 Å². The van der Waals surface area contributed by atoms with Gasteiger partial charge in [-0.25, -0.2) is 0 Å². The lowest BCUT2D eigenvalue weighted by Gasteiger charge is -2.13. The highest BCUT2D eigenvalue weighted by atomic mass is 35.5. The predicted molar refractivity (Wildman–Crippen MR) is 58.1 cm³/mol. The average molecular weight is 196 g/mol. The molecule has 0 aliphatic heterocycles. The Balaban J connectivity index is 2.61. The summed E-state index contributed by atoms with van der Waals surface area (Å²) in [5.74, 6) is 0.622. The van der Waals surface area contributed by atoms with Crippen LogP contribution in [0.4, 0.5) is 0 Å². The van der Waals surface area contributed by atoms with Crippen molar-refractivity contribution in [2.24, 2.45) is 0 Å². The van der Waals surface area contributed by atoms with Crippen molar-refractivity contribution in [2.75, 3.05) is 12.4 Å². The maximum atomic E-state index is 5.59. The number of halogens is 1. The van der Waals surface area contributed by atoms with Crippen molar-refractivity contribution in [1.29, 1.82) is 0 Å². The largest absolute Gasteiger partial charge is 0.306 e. The molecule has 70 valence electrons. The van der Waals surface area contributed by atoms with E-state index in [9.17, 15) is 0 Å². The third-order valence-electron chi connectivity index (χ3n) is 1.85. The number of benzene rings is 1. The standard InChI is InChI=1S/C11H14ClN/c1-2-11(13-9-8-12)10-6-4-3-5-7-10/h2-7,11,13H,1,8-9H2. The van der Waals surface area contributed by atoms with Crippen LogP contribution in [0, 0.1) is 0 Å². The van der Waals surface area contributed by atoms with E-state index in [1.54, 1.807) is 0 Å². The summed E-state index contributed by atoms with van der Waals surface area (Å²) >= 11 is 5.59. The van der Waals surface area contributed by atoms with Gasteiger partial charge in [0.15, 0.2) is 0 Å². The molecular formula is C11H14ClN. The highest BCUT2D eigenvalue weighted by Gasteiger charge is 2.03. The second-order valence-electron chi connectivity index (χ2n) is 2.77. The maximum Gasteiger partial charge on any atom is 0.0504 e. The summed E-state index contributed by atoms with van der Waals surface area (Å²) in [5.41, 5.74) is 1.22. The zero-order valence-electron chi connectivity index (χ0n) is 7.54. The molecule has 0 saturated heterocycles. The van der Waals surface area contributed by atoms with E-state index < -0.39 is 0 Å². The van der Waals surface area contributed by atoms with Crippen LogP contribution in [-0.2, 0) is 0 Å². The highest BCUT2D eigenvalue weighted by Crippen LogP contribution is 2.12.